The molecule has 0 atom stereocenters. The molecule has 4 rings (SSSR count). The van der Waals surface area contributed by atoms with Gasteiger partial charge < -0.3 is 0 Å². The summed E-state index contributed by atoms with van der Waals surface area (Å²) in [5.41, 5.74) is 2.35. The van der Waals surface area contributed by atoms with Crippen molar-refractivity contribution in [2.24, 2.45) is 0 Å². The lowest BCUT2D eigenvalue weighted by Gasteiger charge is -2.06. The van der Waals surface area contributed by atoms with Gasteiger partial charge in [-0.3, -0.25) is 4.57 Å². The van der Waals surface area contributed by atoms with E-state index in [1.807, 2.05) is 13.0 Å². The predicted molar refractivity (Wildman–Crippen MR) is 81.1 cm³/mol. The van der Waals surface area contributed by atoms with E-state index in [1.165, 1.54) is 21.8 Å². The maximum absolute atomic E-state index is 4.57. The van der Waals surface area contributed by atoms with Crippen molar-refractivity contribution in [1.82, 2.24) is 14.5 Å². The molecule has 2 heterocycles. The van der Waals surface area contributed by atoms with E-state index < -0.39 is 0 Å². The molecular formula is C17H13N3. The van der Waals surface area contributed by atoms with Crippen LogP contribution in [0.25, 0.3) is 27.6 Å². The molecule has 96 valence electrons. The van der Waals surface area contributed by atoms with Gasteiger partial charge in [-0.1, -0.05) is 36.4 Å². The third-order valence-electron chi connectivity index (χ3n) is 3.57. The van der Waals surface area contributed by atoms with Gasteiger partial charge in [0.05, 0.1) is 11.0 Å². The van der Waals surface area contributed by atoms with Crippen molar-refractivity contribution in [3.05, 3.63) is 66.6 Å². The highest BCUT2D eigenvalue weighted by Gasteiger charge is 2.11. The third kappa shape index (κ3) is 1.53. The Hall–Kier alpha value is -2.68. The van der Waals surface area contributed by atoms with Crippen molar-refractivity contribution in [2.45, 2.75) is 6.92 Å². The molecule has 0 fully saturated rings. The molecule has 0 N–H and O–H groups in total. The Morgan fingerprint density at radius 3 is 2.00 bits per heavy atom. The maximum atomic E-state index is 4.57. The van der Waals surface area contributed by atoms with Crippen LogP contribution in [0.5, 0.6) is 0 Å². The van der Waals surface area contributed by atoms with Crippen molar-refractivity contribution >= 4 is 21.8 Å². The standard InChI is InChI=1S/C17H13N3/c1-12-18-11-10-17(19-12)20-15-8-4-2-6-13(15)14-7-3-5-9-16(14)20/h2-11H,1H3. The van der Waals surface area contributed by atoms with Crippen LogP contribution in [0.2, 0.25) is 0 Å². The number of hydrogen-bond donors (Lipinski definition) is 0. The molecule has 0 spiro atoms. The molecule has 0 bridgehead atoms. The van der Waals surface area contributed by atoms with E-state index in [0.29, 0.717) is 0 Å². The third-order valence-corrected chi connectivity index (χ3v) is 3.57. The molecule has 0 aliphatic carbocycles. The number of fused-ring (bicyclic) bond motifs is 3. The van der Waals surface area contributed by atoms with E-state index in [4.69, 9.17) is 0 Å². The van der Waals surface area contributed by atoms with E-state index in [1.54, 1.807) is 6.20 Å². The van der Waals surface area contributed by atoms with Crippen LogP contribution in [-0.4, -0.2) is 14.5 Å². The SMILES string of the molecule is Cc1nccc(-n2c3ccccc3c3ccccc32)n1. The van der Waals surface area contributed by atoms with Gasteiger partial charge >= 0.3 is 0 Å². The lowest BCUT2D eigenvalue weighted by Crippen LogP contribution is -1.99. The predicted octanol–water partition coefficient (Wildman–Crippen LogP) is 3.88. The van der Waals surface area contributed by atoms with Crippen LogP contribution in [0.1, 0.15) is 5.82 Å². The van der Waals surface area contributed by atoms with Gasteiger partial charge in [-0.15, -0.1) is 0 Å². The summed E-state index contributed by atoms with van der Waals surface area (Å²) in [6.45, 7) is 1.91. The molecule has 0 unspecified atom stereocenters. The summed E-state index contributed by atoms with van der Waals surface area (Å²) in [5.74, 6) is 1.69. The Bertz CT molecular complexity index is 868. The normalized spacial score (nSPS) is 11.2. The smallest absolute Gasteiger partial charge is 0.141 e. The lowest BCUT2D eigenvalue weighted by atomic mass is 10.2. The first kappa shape index (κ1) is 11.2. The number of hydrogen-bond acceptors (Lipinski definition) is 2. The summed E-state index contributed by atoms with van der Waals surface area (Å²) in [6, 6.07) is 18.8. The summed E-state index contributed by atoms with van der Waals surface area (Å²) in [5, 5.41) is 2.50. The summed E-state index contributed by atoms with van der Waals surface area (Å²) in [7, 11) is 0. The first-order valence-corrected chi connectivity index (χ1v) is 6.63. The van der Waals surface area contributed by atoms with Crippen LogP contribution in [-0.2, 0) is 0 Å². The van der Waals surface area contributed by atoms with Crippen LogP contribution in [0.4, 0.5) is 0 Å². The fourth-order valence-electron chi connectivity index (χ4n) is 2.74. The molecule has 0 radical (unpaired) electrons. The van der Waals surface area contributed by atoms with Crippen LogP contribution >= 0.6 is 0 Å². The van der Waals surface area contributed by atoms with Crippen LogP contribution < -0.4 is 0 Å². The molecule has 0 amide bonds. The molecule has 4 aromatic rings. The second kappa shape index (κ2) is 4.17. The number of nitrogens with zero attached hydrogens (tertiary/aromatic N) is 3. The molecule has 0 aliphatic heterocycles. The van der Waals surface area contributed by atoms with Crippen molar-refractivity contribution in [1.29, 1.82) is 0 Å². The first-order chi connectivity index (χ1) is 9.84. The summed E-state index contributed by atoms with van der Waals surface area (Å²) in [6.07, 6.45) is 1.81. The van der Waals surface area contributed by atoms with Crippen LogP contribution in [0.15, 0.2) is 60.8 Å². The zero-order chi connectivity index (χ0) is 13.5. The van der Waals surface area contributed by atoms with E-state index >= 15 is 0 Å². The second-order valence-electron chi connectivity index (χ2n) is 4.83. The van der Waals surface area contributed by atoms with Crippen LogP contribution in [0.3, 0.4) is 0 Å². The molecule has 2 aromatic carbocycles. The van der Waals surface area contributed by atoms with Crippen molar-refractivity contribution in [3.8, 4) is 5.82 Å². The minimum absolute atomic E-state index is 0.782. The molecule has 3 nitrogen and oxygen atoms in total. The number of rotatable bonds is 1. The Morgan fingerprint density at radius 2 is 1.40 bits per heavy atom. The number of para-hydroxylation sites is 2. The Kier molecular flexibility index (Phi) is 2.33. The largest absolute Gasteiger partial charge is 0.294 e. The van der Waals surface area contributed by atoms with Crippen molar-refractivity contribution in [2.75, 3.05) is 0 Å². The Labute approximate surface area is 116 Å². The molecule has 2 aromatic heterocycles. The average Bonchev–Trinajstić information content (AvgIpc) is 2.82. The van der Waals surface area contributed by atoms with Gasteiger partial charge in [0.2, 0.25) is 0 Å². The van der Waals surface area contributed by atoms with E-state index in [0.717, 1.165) is 11.6 Å². The van der Waals surface area contributed by atoms with Crippen molar-refractivity contribution < 1.29 is 0 Å². The molecular weight excluding hydrogens is 246 g/mol. The van der Waals surface area contributed by atoms with Crippen LogP contribution in [0, 0.1) is 6.92 Å². The fraction of sp³-hybridized carbons (Fsp3) is 0.0588. The zero-order valence-electron chi connectivity index (χ0n) is 11.1. The highest BCUT2D eigenvalue weighted by atomic mass is 15.1. The quantitative estimate of drug-likeness (QED) is 0.519. The fourth-order valence-corrected chi connectivity index (χ4v) is 2.74. The van der Waals surface area contributed by atoms with Gasteiger partial charge in [-0.25, -0.2) is 9.97 Å². The van der Waals surface area contributed by atoms with E-state index in [-0.39, 0.29) is 0 Å². The maximum Gasteiger partial charge on any atom is 0.141 e. The monoisotopic (exact) mass is 259 g/mol. The molecule has 3 heteroatoms. The minimum atomic E-state index is 0.782. The van der Waals surface area contributed by atoms with Gasteiger partial charge in [0.25, 0.3) is 0 Å². The van der Waals surface area contributed by atoms with Crippen molar-refractivity contribution in [3.63, 3.8) is 0 Å². The summed E-state index contributed by atoms with van der Waals surface area (Å²) < 4.78 is 2.19. The molecule has 0 saturated heterocycles. The number of aromatic nitrogens is 3. The van der Waals surface area contributed by atoms with Gasteiger partial charge in [-0.2, -0.15) is 0 Å². The van der Waals surface area contributed by atoms with E-state index in [9.17, 15) is 0 Å². The summed E-state index contributed by atoms with van der Waals surface area (Å²) in [4.78, 5) is 8.75. The molecule has 20 heavy (non-hydrogen) atoms. The second-order valence-corrected chi connectivity index (χ2v) is 4.83. The highest BCUT2D eigenvalue weighted by molar-refractivity contribution is 6.08. The lowest BCUT2D eigenvalue weighted by molar-refractivity contribution is 0.981. The Morgan fingerprint density at radius 1 is 0.800 bits per heavy atom. The zero-order valence-corrected chi connectivity index (χ0v) is 11.1. The Balaban J connectivity index is 2.21. The minimum Gasteiger partial charge on any atom is -0.294 e. The first-order valence-electron chi connectivity index (χ1n) is 6.63. The summed E-state index contributed by atoms with van der Waals surface area (Å²) >= 11 is 0. The number of benzene rings is 2. The van der Waals surface area contributed by atoms with E-state index in [2.05, 4.69) is 63.1 Å². The molecule has 0 saturated carbocycles. The van der Waals surface area contributed by atoms with Gasteiger partial charge in [-0.05, 0) is 25.1 Å². The number of aryl methyl sites for hydroxylation is 1. The van der Waals surface area contributed by atoms with Gasteiger partial charge in [0, 0.05) is 17.0 Å². The van der Waals surface area contributed by atoms with Gasteiger partial charge in [0.15, 0.2) is 0 Å². The van der Waals surface area contributed by atoms with Gasteiger partial charge in [0.1, 0.15) is 11.6 Å². The average molecular weight is 259 g/mol. The molecule has 0 aliphatic rings. The topological polar surface area (TPSA) is 30.7 Å². The highest BCUT2D eigenvalue weighted by Crippen LogP contribution is 2.30.